The lowest BCUT2D eigenvalue weighted by Crippen LogP contribution is -2.42. The SMILES string of the molecule is O=C(Nc1ccc2ncccc2c1)N[C@H]1CS(=O)(=O)C[C@H]1Cl. The summed E-state index contributed by atoms with van der Waals surface area (Å²) in [4.78, 5) is 16.2. The molecule has 1 fully saturated rings. The highest BCUT2D eigenvalue weighted by atomic mass is 35.5. The van der Waals surface area contributed by atoms with Crippen molar-refractivity contribution in [2.24, 2.45) is 0 Å². The van der Waals surface area contributed by atoms with Crippen molar-refractivity contribution in [3.63, 3.8) is 0 Å². The Balaban J connectivity index is 1.68. The quantitative estimate of drug-likeness (QED) is 0.816. The van der Waals surface area contributed by atoms with E-state index in [4.69, 9.17) is 11.6 Å². The zero-order valence-electron chi connectivity index (χ0n) is 11.5. The van der Waals surface area contributed by atoms with Crippen LogP contribution in [0.15, 0.2) is 36.5 Å². The summed E-state index contributed by atoms with van der Waals surface area (Å²) in [5.74, 6) is -0.239. The summed E-state index contributed by atoms with van der Waals surface area (Å²) in [7, 11) is -3.17. The second-order valence-corrected chi connectivity index (χ2v) is 7.92. The van der Waals surface area contributed by atoms with Crippen LogP contribution < -0.4 is 10.6 Å². The number of alkyl halides is 1. The average Bonchev–Trinajstić information content (AvgIpc) is 2.71. The van der Waals surface area contributed by atoms with Crippen molar-refractivity contribution in [1.82, 2.24) is 10.3 Å². The minimum absolute atomic E-state index is 0.110. The molecule has 1 aromatic heterocycles. The van der Waals surface area contributed by atoms with E-state index in [9.17, 15) is 13.2 Å². The fraction of sp³-hybridized carbons (Fsp3) is 0.286. The number of urea groups is 1. The standard InChI is InChI=1S/C14H14ClN3O3S/c15-11-7-22(20,21)8-13(11)18-14(19)17-10-3-4-12-9(6-10)2-1-5-16-12/h1-6,11,13H,7-8H2,(H2,17,18,19)/t11-,13+/m1/s1. The summed E-state index contributed by atoms with van der Waals surface area (Å²) in [5.41, 5.74) is 1.43. The third kappa shape index (κ3) is 3.31. The highest BCUT2D eigenvalue weighted by molar-refractivity contribution is 7.91. The summed E-state index contributed by atoms with van der Waals surface area (Å²) >= 11 is 5.96. The predicted octanol–water partition coefficient (Wildman–Crippen LogP) is 1.76. The molecule has 116 valence electrons. The van der Waals surface area contributed by atoms with Gasteiger partial charge in [0.2, 0.25) is 0 Å². The Morgan fingerprint density at radius 1 is 1.27 bits per heavy atom. The molecular formula is C14H14ClN3O3S. The molecule has 2 N–H and O–H groups in total. The van der Waals surface area contributed by atoms with Crippen LogP contribution in [0.25, 0.3) is 10.9 Å². The van der Waals surface area contributed by atoms with Crippen molar-refractivity contribution in [3.8, 4) is 0 Å². The molecule has 2 amide bonds. The first-order valence-electron chi connectivity index (χ1n) is 6.70. The second-order valence-electron chi connectivity index (χ2n) is 5.21. The minimum atomic E-state index is -3.17. The van der Waals surface area contributed by atoms with Gasteiger partial charge in [-0.25, -0.2) is 13.2 Å². The third-order valence-electron chi connectivity index (χ3n) is 3.46. The van der Waals surface area contributed by atoms with Crippen molar-refractivity contribution in [1.29, 1.82) is 0 Å². The van der Waals surface area contributed by atoms with Crippen molar-refractivity contribution < 1.29 is 13.2 Å². The normalized spacial score (nSPS) is 23.3. The number of nitrogens with one attached hydrogen (secondary N) is 2. The van der Waals surface area contributed by atoms with Gasteiger partial charge >= 0.3 is 6.03 Å². The molecule has 2 aromatic rings. The number of pyridine rings is 1. The van der Waals surface area contributed by atoms with Gasteiger partial charge in [0.15, 0.2) is 9.84 Å². The Hall–Kier alpha value is -1.86. The van der Waals surface area contributed by atoms with Crippen LogP contribution in [-0.4, -0.2) is 42.4 Å². The molecule has 0 spiro atoms. The number of carbonyl (C=O) groups excluding carboxylic acids is 1. The van der Waals surface area contributed by atoms with Gasteiger partial charge in [-0.15, -0.1) is 11.6 Å². The van der Waals surface area contributed by atoms with Gasteiger partial charge in [0.05, 0.1) is 28.4 Å². The maximum Gasteiger partial charge on any atom is 0.319 e. The highest BCUT2D eigenvalue weighted by Crippen LogP contribution is 2.19. The van der Waals surface area contributed by atoms with Gasteiger partial charge < -0.3 is 10.6 Å². The lowest BCUT2D eigenvalue weighted by molar-refractivity contribution is 0.249. The fourth-order valence-corrected chi connectivity index (χ4v) is 4.98. The van der Waals surface area contributed by atoms with E-state index in [0.29, 0.717) is 5.69 Å². The fourth-order valence-electron chi connectivity index (χ4n) is 2.43. The van der Waals surface area contributed by atoms with E-state index >= 15 is 0 Å². The predicted molar refractivity (Wildman–Crippen MR) is 86.0 cm³/mol. The van der Waals surface area contributed by atoms with Gasteiger partial charge in [-0.3, -0.25) is 4.98 Å². The molecule has 3 rings (SSSR count). The Morgan fingerprint density at radius 2 is 2.09 bits per heavy atom. The summed E-state index contributed by atoms with van der Waals surface area (Å²) in [6.07, 6.45) is 1.70. The zero-order valence-corrected chi connectivity index (χ0v) is 13.1. The number of rotatable bonds is 2. The van der Waals surface area contributed by atoms with E-state index < -0.39 is 27.3 Å². The molecule has 1 aliphatic rings. The van der Waals surface area contributed by atoms with Crippen LogP contribution in [0.1, 0.15) is 0 Å². The number of hydrogen-bond acceptors (Lipinski definition) is 4. The van der Waals surface area contributed by atoms with Crippen molar-refractivity contribution in [2.45, 2.75) is 11.4 Å². The molecule has 0 unspecified atom stereocenters. The van der Waals surface area contributed by atoms with Crippen molar-refractivity contribution in [2.75, 3.05) is 16.8 Å². The Bertz CT molecular complexity index is 825. The number of halogens is 1. The molecule has 0 saturated carbocycles. The number of amides is 2. The van der Waals surface area contributed by atoms with Crippen LogP contribution in [-0.2, 0) is 9.84 Å². The van der Waals surface area contributed by atoms with Gasteiger partial charge in [-0.2, -0.15) is 0 Å². The van der Waals surface area contributed by atoms with E-state index in [2.05, 4.69) is 15.6 Å². The molecule has 1 aliphatic heterocycles. The lowest BCUT2D eigenvalue weighted by atomic mass is 10.2. The van der Waals surface area contributed by atoms with Crippen LogP contribution in [0.3, 0.4) is 0 Å². The third-order valence-corrected chi connectivity index (χ3v) is 5.84. The minimum Gasteiger partial charge on any atom is -0.333 e. The number of hydrogen-bond donors (Lipinski definition) is 2. The number of carbonyl (C=O) groups is 1. The first kappa shape index (κ1) is 15.1. The van der Waals surface area contributed by atoms with Crippen LogP contribution in [0.5, 0.6) is 0 Å². The molecule has 1 aromatic carbocycles. The van der Waals surface area contributed by atoms with Crippen molar-refractivity contribution >= 4 is 44.1 Å². The van der Waals surface area contributed by atoms with Crippen LogP contribution in [0, 0.1) is 0 Å². The molecule has 0 aliphatic carbocycles. The Morgan fingerprint density at radius 3 is 2.82 bits per heavy atom. The second kappa shape index (κ2) is 5.73. The summed E-state index contributed by atoms with van der Waals surface area (Å²) < 4.78 is 22.9. The molecule has 1 saturated heterocycles. The largest absolute Gasteiger partial charge is 0.333 e. The number of fused-ring (bicyclic) bond motifs is 1. The van der Waals surface area contributed by atoms with E-state index in [-0.39, 0.29) is 11.5 Å². The Kier molecular flexibility index (Phi) is 3.92. The number of anilines is 1. The number of benzene rings is 1. The number of nitrogens with zero attached hydrogens (tertiary/aromatic N) is 1. The van der Waals surface area contributed by atoms with Gasteiger partial charge in [-0.05, 0) is 24.3 Å². The lowest BCUT2D eigenvalue weighted by Gasteiger charge is -2.15. The summed E-state index contributed by atoms with van der Waals surface area (Å²) in [5, 5.41) is 5.58. The average molecular weight is 340 g/mol. The van der Waals surface area contributed by atoms with Gasteiger partial charge in [-0.1, -0.05) is 6.07 Å². The van der Waals surface area contributed by atoms with Gasteiger partial charge in [0, 0.05) is 17.3 Å². The maximum atomic E-state index is 12.0. The number of sulfone groups is 1. The van der Waals surface area contributed by atoms with E-state index in [0.717, 1.165) is 10.9 Å². The van der Waals surface area contributed by atoms with Crippen LogP contribution >= 0.6 is 11.6 Å². The first-order chi connectivity index (χ1) is 10.4. The number of aromatic nitrogens is 1. The molecule has 2 heterocycles. The summed E-state index contributed by atoms with van der Waals surface area (Å²) in [6, 6.07) is 7.99. The molecule has 6 nitrogen and oxygen atoms in total. The van der Waals surface area contributed by atoms with Gasteiger partial charge in [0.25, 0.3) is 0 Å². The highest BCUT2D eigenvalue weighted by Gasteiger charge is 2.37. The maximum absolute atomic E-state index is 12.0. The molecule has 8 heteroatoms. The first-order valence-corrected chi connectivity index (χ1v) is 8.95. The molecule has 2 atom stereocenters. The topological polar surface area (TPSA) is 88.2 Å². The monoisotopic (exact) mass is 339 g/mol. The van der Waals surface area contributed by atoms with E-state index in [1.807, 2.05) is 12.1 Å². The Labute approximate surface area is 132 Å². The van der Waals surface area contributed by atoms with E-state index in [1.165, 1.54) is 0 Å². The molecule has 0 bridgehead atoms. The van der Waals surface area contributed by atoms with Crippen LogP contribution in [0.2, 0.25) is 0 Å². The molecule has 0 radical (unpaired) electrons. The van der Waals surface area contributed by atoms with Crippen molar-refractivity contribution in [3.05, 3.63) is 36.5 Å². The van der Waals surface area contributed by atoms with E-state index in [1.54, 1.807) is 24.4 Å². The smallest absolute Gasteiger partial charge is 0.319 e. The molecule has 22 heavy (non-hydrogen) atoms. The van der Waals surface area contributed by atoms with Crippen LogP contribution in [0.4, 0.5) is 10.5 Å². The molecular weight excluding hydrogens is 326 g/mol. The summed E-state index contributed by atoms with van der Waals surface area (Å²) in [6.45, 7) is 0. The van der Waals surface area contributed by atoms with Gasteiger partial charge in [0.1, 0.15) is 0 Å². The zero-order chi connectivity index (χ0) is 15.7.